The number of ether oxygens (including phenoxy) is 1. The summed E-state index contributed by atoms with van der Waals surface area (Å²) in [5, 5.41) is 12.6. The number of methoxy groups -OCH3 is 1. The molecule has 0 radical (unpaired) electrons. The lowest BCUT2D eigenvalue weighted by Gasteiger charge is -2.10. The van der Waals surface area contributed by atoms with E-state index < -0.39 is 0 Å². The van der Waals surface area contributed by atoms with Crippen molar-refractivity contribution >= 4 is 23.2 Å². The van der Waals surface area contributed by atoms with E-state index >= 15 is 0 Å². The van der Waals surface area contributed by atoms with Gasteiger partial charge in [-0.2, -0.15) is 0 Å². The van der Waals surface area contributed by atoms with E-state index in [4.69, 9.17) is 21.4 Å². The van der Waals surface area contributed by atoms with Gasteiger partial charge in [0, 0.05) is 22.3 Å². The van der Waals surface area contributed by atoms with Gasteiger partial charge in [0.15, 0.2) is 0 Å². The molecule has 0 saturated carbocycles. The Morgan fingerprint density at radius 1 is 1.24 bits per heavy atom. The van der Waals surface area contributed by atoms with E-state index in [1.165, 1.54) is 7.11 Å². The molecule has 4 nitrogen and oxygen atoms in total. The Balaban J connectivity index is 2.04. The molecule has 1 amide bonds. The molecule has 0 aromatic heterocycles. The van der Waals surface area contributed by atoms with Crippen molar-refractivity contribution in [1.29, 1.82) is 0 Å². The van der Waals surface area contributed by atoms with Crippen molar-refractivity contribution < 1.29 is 14.6 Å². The highest BCUT2D eigenvalue weighted by Crippen LogP contribution is 2.23. The first-order chi connectivity index (χ1) is 10.1. The number of aliphatic hydroxyl groups is 1. The maximum atomic E-state index is 12.0. The average molecular weight is 306 g/mol. The Hall–Kier alpha value is -2.04. The molecule has 5 heteroatoms. The van der Waals surface area contributed by atoms with Crippen LogP contribution < -0.4 is 10.1 Å². The van der Waals surface area contributed by atoms with Crippen LogP contribution in [0.3, 0.4) is 0 Å². The monoisotopic (exact) mass is 305 g/mol. The predicted molar refractivity (Wildman–Crippen MR) is 82.7 cm³/mol. The number of aliphatic hydroxyl groups excluding tert-OH is 1. The van der Waals surface area contributed by atoms with E-state index in [9.17, 15) is 4.79 Å². The van der Waals surface area contributed by atoms with E-state index in [2.05, 4.69) is 5.32 Å². The molecule has 0 saturated heterocycles. The second kappa shape index (κ2) is 7.11. The van der Waals surface area contributed by atoms with Crippen molar-refractivity contribution in [3.63, 3.8) is 0 Å². The van der Waals surface area contributed by atoms with Crippen LogP contribution in [0.5, 0.6) is 5.75 Å². The SMILES string of the molecule is COc1cc(NC(=O)Cc2ccc(Cl)cc2)ccc1CO. The van der Waals surface area contributed by atoms with Crippen LogP contribution in [0.15, 0.2) is 42.5 Å². The molecule has 21 heavy (non-hydrogen) atoms. The van der Waals surface area contributed by atoms with Gasteiger partial charge in [-0.15, -0.1) is 0 Å². The largest absolute Gasteiger partial charge is 0.496 e. The quantitative estimate of drug-likeness (QED) is 0.892. The average Bonchev–Trinajstić information content (AvgIpc) is 2.49. The second-order valence-electron chi connectivity index (χ2n) is 4.54. The molecule has 0 spiro atoms. The van der Waals surface area contributed by atoms with E-state index in [0.29, 0.717) is 22.0 Å². The highest BCUT2D eigenvalue weighted by Gasteiger charge is 2.07. The molecule has 2 rings (SSSR count). The first-order valence-electron chi connectivity index (χ1n) is 6.44. The van der Waals surface area contributed by atoms with Crippen LogP contribution in [0.2, 0.25) is 5.02 Å². The van der Waals surface area contributed by atoms with E-state index in [0.717, 1.165) is 5.56 Å². The minimum atomic E-state index is -0.129. The van der Waals surface area contributed by atoms with Gasteiger partial charge >= 0.3 is 0 Å². The normalized spacial score (nSPS) is 10.2. The summed E-state index contributed by atoms with van der Waals surface area (Å²) in [6.07, 6.45) is 0.265. The summed E-state index contributed by atoms with van der Waals surface area (Å²) in [5.74, 6) is 0.415. The molecule has 0 aliphatic carbocycles. The van der Waals surface area contributed by atoms with Crippen molar-refractivity contribution in [2.24, 2.45) is 0 Å². The Morgan fingerprint density at radius 2 is 1.95 bits per heavy atom. The van der Waals surface area contributed by atoms with Gasteiger partial charge in [0.25, 0.3) is 0 Å². The van der Waals surface area contributed by atoms with Crippen LogP contribution in [0.1, 0.15) is 11.1 Å². The Labute approximate surface area is 128 Å². The smallest absolute Gasteiger partial charge is 0.228 e. The molecule has 0 heterocycles. The summed E-state index contributed by atoms with van der Waals surface area (Å²) in [6, 6.07) is 12.3. The number of nitrogens with one attached hydrogen (secondary N) is 1. The van der Waals surface area contributed by atoms with E-state index in [1.54, 1.807) is 30.3 Å². The minimum Gasteiger partial charge on any atom is -0.496 e. The van der Waals surface area contributed by atoms with Crippen molar-refractivity contribution in [2.75, 3.05) is 12.4 Å². The minimum absolute atomic E-state index is 0.109. The van der Waals surface area contributed by atoms with Gasteiger partial charge in [-0.3, -0.25) is 4.79 Å². The zero-order chi connectivity index (χ0) is 15.2. The number of rotatable bonds is 5. The number of carbonyl (C=O) groups excluding carboxylic acids is 1. The topological polar surface area (TPSA) is 58.6 Å². The standard InChI is InChI=1S/C16H16ClNO3/c1-21-15-9-14(7-4-12(15)10-19)18-16(20)8-11-2-5-13(17)6-3-11/h2-7,9,19H,8,10H2,1H3,(H,18,20). The molecule has 110 valence electrons. The van der Waals surface area contributed by atoms with Crippen LogP contribution in [0, 0.1) is 0 Å². The number of amides is 1. The van der Waals surface area contributed by atoms with Gasteiger partial charge in [0.05, 0.1) is 20.1 Å². The van der Waals surface area contributed by atoms with Crippen molar-refractivity contribution in [3.05, 3.63) is 58.6 Å². The Bertz CT molecular complexity index is 626. The molecule has 0 bridgehead atoms. The third-order valence-electron chi connectivity index (χ3n) is 3.02. The first-order valence-corrected chi connectivity index (χ1v) is 6.82. The number of carbonyl (C=O) groups is 1. The van der Waals surface area contributed by atoms with Gasteiger partial charge < -0.3 is 15.2 Å². The van der Waals surface area contributed by atoms with Gasteiger partial charge in [-0.05, 0) is 23.8 Å². The summed E-state index contributed by atoms with van der Waals surface area (Å²) < 4.78 is 5.16. The summed E-state index contributed by atoms with van der Waals surface area (Å²) in [7, 11) is 1.52. The van der Waals surface area contributed by atoms with Gasteiger partial charge in [0.2, 0.25) is 5.91 Å². The maximum absolute atomic E-state index is 12.0. The number of anilines is 1. The molecule has 0 aliphatic heterocycles. The fourth-order valence-electron chi connectivity index (χ4n) is 1.95. The summed E-state index contributed by atoms with van der Waals surface area (Å²) in [6.45, 7) is -0.109. The molecule has 2 N–H and O–H groups in total. The second-order valence-corrected chi connectivity index (χ2v) is 4.97. The lowest BCUT2D eigenvalue weighted by molar-refractivity contribution is -0.115. The fourth-order valence-corrected chi connectivity index (χ4v) is 2.07. The van der Waals surface area contributed by atoms with E-state index in [1.807, 2.05) is 12.1 Å². The Kier molecular flexibility index (Phi) is 5.20. The highest BCUT2D eigenvalue weighted by atomic mass is 35.5. The maximum Gasteiger partial charge on any atom is 0.228 e. The van der Waals surface area contributed by atoms with Gasteiger partial charge in [-0.25, -0.2) is 0 Å². The van der Waals surface area contributed by atoms with Crippen molar-refractivity contribution in [1.82, 2.24) is 0 Å². The number of hydrogen-bond donors (Lipinski definition) is 2. The summed E-state index contributed by atoms with van der Waals surface area (Å²) >= 11 is 5.81. The molecule has 0 atom stereocenters. The molecule has 0 unspecified atom stereocenters. The molecular weight excluding hydrogens is 290 g/mol. The molecular formula is C16H16ClNO3. The molecule has 0 fully saturated rings. The van der Waals surface area contributed by atoms with Crippen LogP contribution >= 0.6 is 11.6 Å². The summed E-state index contributed by atoms with van der Waals surface area (Å²) in [5.41, 5.74) is 2.19. The number of halogens is 1. The van der Waals surface area contributed by atoms with Crippen LogP contribution in [-0.4, -0.2) is 18.1 Å². The lowest BCUT2D eigenvalue weighted by Crippen LogP contribution is -2.14. The number of hydrogen-bond acceptors (Lipinski definition) is 3. The van der Waals surface area contributed by atoms with Crippen LogP contribution in [0.25, 0.3) is 0 Å². The zero-order valence-corrected chi connectivity index (χ0v) is 12.4. The highest BCUT2D eigenvalue weighted by molar-refractivity contribution is 6.30. The number of benzene rings is 2. The first kappa shape index (κ1) is 15.4. The van der Waals surface area contributed by atoms with E-state index in [-0.39, 0.29) is 18.9 Å². The molecule has 0 aliphatic rings. The van der Waals surface area contributed by atoms with Crippen LogP contribution in [-0.2, 0) is 17.8 Å². The fraction of sp³-hybridized carbons (Fsp3) is 0.188. The van der Waals surface area contributed by atoms with Crippen molar-refractivity contribution in [3.8, 4) is 5.75 Å². The third kappa shape index (κ3) is 4.21. The van der Waals surface area contributed by atoms with Gasteiger partial charge in [-0.1, -0.05) is 29.8 Å². The molecule has 2 aromatic carbocycles. The zero-order valence-electron chi connectivity index (χ0n) is 11.6. The Morgan fingerprint density at radius 3 is 2.57 bits per heavy atom. The predicted octanol–water partition coefficient (Wildman–Crippen LogP) is 3.02. The lowest BCUT2D eigenvalue weighted by atomic mass is 10.1. The van der Waals surface area contributed by atoms with Crippen molar-refractivity contribution in [2.45, 2.75) is 13.0 Å². The third-order valence-corrected chi connectivity index (χ3v) is 3.27. The van der Waals surface area contributed by atoms with Crippen LogP contribution in [0.4, 0.5) is 5.69 Å². The van der Waals surface area contributed by atoms with Gasteiger partial charge in [0.1, 0.15) is 5.75 Å². The summed E-state index contributed by atoms with van der Waals surface area (Å²) in [4.78, 5) is 12.0. The molecule has 2 aromatic rings.